The van der Waals surface area contributed by atoms with Crippen LogP contribution < -0.4 is 0 Å². The molecule has 1 aromatic carbocycles. The number of rotatable bonds is 3. The fraction of sp³-hybridized carbons (Fsp3) is 0.467. The number of fused-ring (bicyclic) bond motifs is 1. The second kappa shape index (κ2) is 4.32. The molecule has 0 aliphatic rings. The first-order valence-corrected chi connectivity index (χ1v) is 6.21. The lowest BCUT2D eigenvalue weighted by atomic mass is 10.1. The molecule has 0 spiro atoms. The molecule has 2 rings (SSSR count). The summed E-state index contributed by atoms with van der Waals surface area (Å²) in [5.41, 5.74) is 5.68. The average molecular weight is 215 g/mol. The molecule has 0 aliphatic heterocycles. The monoisotopic (exact) mass is 215 g/mol. The number of nitrogens with zero attached hydrogens (tertiary/aromatic N) is 1. The third-order valence-electron chi connectivity index (χ3n) is 3.60. The minimum absolute atomic E-state index is 1.15. The fourth-order valence-corrected chi connectivity index (χ4v) is 2.53. The Morgan fingerprint density at radius 1 is 1.12 bits per heavy atom. The summed E-state index contributed by atoms with van der Waals surface area (Å²) in [5, 5.41) is 1.45. The van der Waals surface area contributed by atoms with E-state index in [4.69, 9.17) is 0 Å². The molecule has 0 saturated heterocycles. The molecule has 0 atom stereocenters. The highest BCUT2D eigenvalue weighted by molar-refractivity contribution is 5.88. The maximum atomic E-state index is 2.47. The highest BCUT2D eigenvalue weighted by atomic mass is 15.0. The van der Waals surface area contributed by atoms with Crippen molar-refractivity contribution in [2.24, 2.45) is 0 Å². The molecule has 1 heterocycles. The zero-order chi connectivity index (χ0) is 11.7. The number of aryl methyl sites for hydroxylation is 3. The van der Waals surface area contributed by atoms with Gasteiger partial charge in [0.25, 0.3) is 0 Å². The van der Waals surface area contributed by atoms with Gasteiger partial charge in [0.2, 0.25) is 0 Å². The van der Waals surface area contributed by atoms with Crippen LogP contribution in [0.2, 0.25) is 0 Å². The minimum atomic E-state index is 1.15. The number of unbranched alkanes of at least 4 members (excludes halogenated alkanes) is 1. The molecule has 1 nitrogen and oxygen atoms in total. The van der Waals surface area contributed by atoms with E-state index >= 15 is 0 Å². The number of hydrogen-bond donors (Lipinski definition) is 0. The maximum absolute atomic E-state index is 2.47. The predicted octanol–water partition coefficient (Wildman–Crippen LogP) is 4.37. The minimum Gasteiger partial charge on any atom is -0.345 e. The third-order valence-corrected chi connectivity index (χ3v) is 3.60. The summed E-state index contributed by atoms with van der Waals surface area (Å²) >= 11 is 0. The van der Waals surface area contributed by atoms with Crippen LogP contribution in [0.4, 0.5) is 0 Å². The van der Waals surface area contributed by atoms with E-state index in [1.165, 1.54) is 40.6 Å². The first-order chi connectivity index (χ1) is 7.66. The Kier molecular flexibility index (Phi) is 3.04. The molecule has 86 valence electrons. The summed E-state index contributed by atoms with van der Waals surface area (Å²) in [4.78, 5) is 0. The van der Waals surface area contributed by atoms with Crippen LogP contribution in [-0.2, 0) is 6.54 Å². The Morgan fingerprint density at radius 2 is 1.88 bits per heavy atom. The molecule has 0 radical (unpaired) electrons. The van der Waals surface area contributed by atoms with E-state index in [1.807, 2.05) is 0 Å². The molecular formula is C15H21N. The van der Waals surface area contributed by atoms with Crippen molar-refractivity contribution in [3.63, 3.8) is 0 Å². The van der Waals surface area contributed by atoms with Crippen LogP contribution in [-0.4, -0.2) is 4.57 Å². The van der Waals surface area contributed by atoms with Gasteiger partial charge in [-0.3, -0.25) is 0 Å². The number of aromatic nitrogens is 1. The van der Waals surface area contributed by atoms with E-state index in [2.05, 4.69) is 50.5 Å². The van der Waals surface area contributed by atoms with Crippen LogP contribution in [0.15, 0.2) is 18.2 Å². The van der Waals surface area contributed by atoms with Crippen LogP contribution in [0.5, 0.6) is 0 Å². The van der Waals surface area contributed by atoms with Crippen molar-refractivity contribution in [3.05, 3.63) is 35.0 Å². The highest BCUT2D eigenvalue weighted by Gasteiger charge is 2.11. The van der Waals surface area contributed by atoms with Gasteiger partial charge >= 0.3 is 0 Å². The van der Waals surface area contributed by atoms with Gasteiger partial charge in [-0.1, -0.05) is 25.5 Å². The summed E-state index contributed by atoms with van der Waals surface area (Å²) < 4.78 is 2.47. The lowest BCUT2D eigenvalue weighted by molar-refractivity contribution is 0.636. The van der Waals surface area contributed by atoms with Gasteiger partial charge in [-0.2, -0.15) is 0 Å². The first kappa shape index (κ1) is 11.3. The molecule has 0 unspecified atom stereocenters. The van der Waals surface area contributed by atoms with Gasteiger partial charge in [-0.15, -0.1) is 0 Å². The second-order valence-corrected chi connectivity index (χ2v) is 4.68. The Bertz CT molecular complexity index is 506. The van der Waals surface area contributed by atoms with Gasteiger partial charge in [-0.05, 0) is 44.4 Å². The zero-order valence-corrected chi connectivity index (χ0v) is 10.8. The molecule has 16 heavy (non-hydrogen) atoms. The number of hydrogen-bond acceptors (Lipinski definition) is 0. The summed E-state index contributed by atoms with van der Waals surface area (Å²) in [5.74, 6) is 0. The Labute approximate surface area is 98.1 Å². The van der Waals surface area contributed by atoms with E-state index in [1.54, 1.807) is 0 Å². The summed E-state index contributed by atoms with van der Waals surface area (Å²) in [7, 11) is 0. The maximum Gasteiger partial charge on any atom is 0.0487 e. The van der Waals surface area contributed by atoms with E-state index in [9.17, 15) is 0 Å². The van der Waals surface area contributed by atoms with Crippen molar-refractivity contribution in [1.82, 2.24) is 4.57 Å². The van der Waals surface area contributed by atoms with Crippen molar-refractivity contribution in [1.29, 1.82) is 0 Å². The average Bonchev–Trinajstić information content (AvgIpc) is 2.51. The molecule has 1 heteroatoms. The molecule has 2 aromatic rings. The first-order valence-electron chi connectivity index (χ1n) is 6.21. The molecular weight excluding hydrogens is 194 g/mol. The number of benzene rings is 1. The normalized spacial score (nSPS) is 11.2. The van der Waals surface area contributed by atoms with Crippen molar-refractivity contribution >= 4 is 10.9 Å². The molecule has 0 amide bonds. The molecule has 1 aromatic heterocycles. The van der Waals surface area contributed by atoms with E-state index in [-0.39, 0.29) is 0 Å². The van der Waals surface area contributed by atoms with Crippen molar-refractivity contribution < 1.29 is 0 Å². The second-order valence-electron chi connectivity index (χ2n) is 4.68. The van der Waals surface area contributed by atoms with Gasteiger partial charge in [0.15, 0.2) is 0 Å². The molecule has 0 bridgehead atoms. The molecule has 0 aliphatic carbocycles. The zero-order valence-electron chi connectivity index (χ0n) is 10.8. The van der Waals surface area contributed by atoms with Gasteiger partial charge in [0, 0.05) is 23.1 Å². The van der Waals surface area contributed by atoms with Gasteiger partial charge in [0.05, 0.1) is 0 Å². The fourth-order valence-electron chi connectivity index (χ4n) is 2.53. The van der Waals surface area contributed by atoms with Crippen LogP contribution in [0, 0.1) is 20.8 Å². The van der Waals surface area contributed by atoms with Crippen LogP contribution >= 0.6 is 0 Å². The summed E-state index contributed by atoms with van der Waals surface area (Å²) in [6.45, 7) is 10.1. The molecule has 0 fully saturated rings. The highest BCUT2D eigenvalue weighted by Crippen LogP contribution is 2.28. The van der Waals surface area contributed by atoms with Crippen molar-refractivity contribution in [3.8, 4) is 0 Å². The lowest BCUT2D eigenvalue weighted by Crippen LogP contribution is -1.99. The third kappa shape index (κ3) is 1.64. The van der Waals surface area contributed by atoms with Crippen LogP contribution in [0.3, 0.4) is 0 Å². The molecule has 0 saturated carbocycles. The van der Waals surface area contributed by atoms with Gasteiger partial charge < -0.3 is 4.57 Å². The topological polar surface area (TPSA) is 4.93 Å². The Balaban J connectivity index is 2.64. The van der Waals surface area contributed by atoms with Crippen LogP contribution in [0.25, 0.3) is 10.9 Å². The smallest absolute Gasteiger partial charge is 0.0487 e. The summed E-state index contributed by atoms with van der Waals surface area (Å²) in [6.07, 6.45) is 2.52. The van der Waals surface area contributed by atoms with E-state index in [0.717, 1.165) is 6.54 Å². The van der Waals surface area contributed by atoms with Gasteiger partial charge in [-0.25, -0.2) is 0 Å². The van der Waals surface area contributed by atoms with E-state index in [0.29, 0.717) is 0 Å². The Morgan fingerprint density at radius 3 is 2.56 bits per heavy atom. The van der Waals surface area contributed by atoms with Crippen LogP contribution in [0.1, 0.15) is 36.6 Å². The van der Waals surface area contributed by atoms with Gasteiger partial charge in [0.1, 0.15) is 0 Å². The van der Waals surface area contributed by atoms with E-state index < -0.39 is 0 Å². The SMILES string of the molecule is CCCCn1c(C)c(C)c2c(C)cccc21. The quantitative estimate of drug-likeness (QED) is 0.716. The lowest BCUT2D eigenvalue weighted by Gasteiger charge is -2.07. The summed E-state index contributed by atoms with van der Waals surface area (Å²) in [6, 6.07) is 6.62. The standard InChI is InChI=1S/C15H21N/c1-5-6-10-16-13(4)12(3)15-11(2)8-7-9-14(15)16/h7-9H,5-6,10H2,1-4H3. The van der Waals surface area contributed by atoms with Crippen molar-refractivity contribution in [2.45, 2.75) is 47.1 Å². The van der Waals surface area contributed by atoms with Crippen molar-refractivity contribution in [2.75, 3.05) is 0 Å². The predicted molar refractivity (Wildman–Crippen MR) is 71.1 cm³/mol. The molecule has 0 N–H and O–H groups in total. The largest absolute Gasteiger partial charge is 0.345 e. The Hall–Kier alpha value is -1.24.